The summed E-state index contributed by atoms with van der Waals surface area (Å²) in [4.78, 5) is 21.8. The third-order valence-corrected chi connectivity index (χ3v) is 6.66. The van der Waals surface area contributed by atoms with E-state index in [4.69, 9.17) is 9.72 Å². The SMILES string of the molecule is COc1ncnc(C2CC2)c1-c1ncc2cnn(Cc3ccc(-c4nc(C(F)(F)F)cn4CC(C)F)cc3)c2n1. The molecule has 9 nitrogen and oxygen atoms in total. The molecule has 1 atom stereocenters. The summed E-state index contributed by atoms with van der Waals surface area (Å²) in [5, 5.41) is 5.21. The Hall–Kier alpha value is -4.42. The number of hydrogen-bond donors (Lipinski definition) is 0. The second-order valence-electron chi connectivity index (χ2n) is 9.77. The molecule has 0 saturated heterocycles. The monoisotopic (exact) mass is 552 g/mol. The highest BCUT2D eigenvalue weighted by atomic mass is 19.4. The average molecular weight is 553 g/mol. The van der Waals surface area contributed by atoms with Gasteiger partial charge in [-0.25, -0.2) is 34.0 Å². The molecule has 4 heterocycles. The molecule has 1 aromatic carbocycles. The van der Waals surface area contributed by atoms with E-state index in [9.17, 15) is 17.6 Å². The van der Waals surface area contributed by atoms with Crippen molar-refractivity contribution in [3.63, 3.8) is 0 Å². The van der Waals surface area contributed by atoms with Gasteiger partial charge in [0.15, 0.2) is 17.2 Å². The Morgan fingerprint density at radius 3 is 2.50 bits per heavy atom. The maximum atomic E-state index is 13.7. The molecule has 0 N–H and O–H groups in total. The van der Waals surface area contributed by atoms with E-state index in [0.29, 0.717) is 40.9 Å². The maximum Gasteiger partial charge on any atom is 0.434 e. The van der Waals surface area contributed by atoms with Crippen LogP contribution in [0.25, 0.3) is 33.8 Å². The van der Waals surface area contributed by atoms with Crippen molar-refractivity contribution < 1.29 is 22.3 Å². The van der Waals surface area contributed by atoms with Crippen LogP contribution in [0.5, 0.6) is 5.88 Å². The summed E-state index contributed by atoms with van der Waals surface area (Å²) in [7, 11) is 1.55. The summed E-state index contributed by atoms with van der Waals surface area (Å²) in [6.45, 7) is 1.40. The Morgan fingerprint density at radius 1 is 1.05 bits per heavy atom. The molecule has 0 bridgehead atoms. The molecule has 0 aliphatic heterocycles. The number of benzene rings is 1. The minimum atomic E-state index is -4.63. The fourth-order valence-corrected chi connectivity index (χ4v) is 4.64. The minimum Gasteiger partial charge on any atom is -0.480 e. The first-order valence-corrected chi connectivity index (χ1v) is 12.7. The number of nitrogens with zero attached hydrogens (tertiary/aromatic N) is 8. The molecule has 1 fully saturated rings. The molecule has 1 unspecified atom stereocenters. The van der Waals surface area contributed by atoms with Gasteiger partial charge in [0.1, 0.15) is 23.9 Å². The minimum absolute atomic E-state index is 0.0517. The number of halogens is 4. The van der Waals surface area contributed by atoms with Gasteiger partial charge >= 0.3 is 6.18 Å². The summed E-state index contributed by atoms with van der Waals surface area (Å²) < 4.78 is 61.9. The van der Waals surface area contributed by atoms with E-state index in [-0.39, 0.29) is 12.4 Å². The van der Waals surface area contributed by atoms with E-state index in [1.54, 1.807) is 48.5 Å². The van der Waals surface area contributed by atoms with E-state index >= 15 is 0 Å². The Labute approximate surface area is 225 Å². The van der Waals surface area contributed by atoms with Crippen molar-refractivity contribution in [3.05, 3.63) is 66.1 Å². The van der Waals surface area contributed by atoms with Gasteiger partial charge in [0, 0.05) is 23.9 Å². The second kappa shape index (κ2) is 9.96. The van der Waals surface area contributed by atoms with Crippen LogP contribution in [0.15, 0.2) is 49.2 Å². The number of aromatic nitrogens is 8. The van der Waals surface area contributed by atoms with Crippen molar-refractivity contribution in [3.8, 4) is 28.7 Å². The smallest absolute Gasteiger partial charge is 0.434 e. The Bertz CT molecular complexity index is 1670. The highest BCUT2D eigenvalue weighted by Gasteiger charge is 2.35. The molecule has 1 saturated carbocycles. The number of fused-ring (bicyclic) bond motifs is 1. The first-order valence-electron chi connectivity index (χ1n) is 12.7. The number of rotatable bonds is 8. The Morgan fingerprint density at radius 2 is 1.82 bits per heavy atom. The van der Waals surface area contributed by atoms with Crippen molar-refractivity contribution in [1.82, 2.24) is 39.3 Å². The van der Waals surface area contributed by atoms with Crippen molar-refractivity contribution >= 4 is 11.0 Å². The molecular weight excluding hydrogens is 528 g/mol. The van der Waals surface area contributed by atoms with Gasteiger partial charge < -0.3 is 9.30 Å². The molecule has 0 radical (unpaired) electrons. The standard InChI is InChI=1S/C27H24F4N8O/c1-15(28)11-38-13-20(27(29,30)31)36-24(38)18-5-3-16(4-6-18)12-39-25-19(10-35-39)9-32-23(37-25)21-22(17-7-8-17)33-14-34-26(21)40-2/h3-6,9-10,13-15,17H,7-8,11-12H2,1-2H3. The molecule has 40 heavy (non-hydrogen) atoms. The molecule has 13 heteroatoms. The second-order valence-corrected chi connectivity index (χ2v) is 9.77. The lowest BCUT2D eigenvalue weighted by molar-refractivity contribution is -0.140. The van der Waals surface area contributed by atoms with Crippen molar-refractivity contribution in [2.24, 2.45) is 0 Å². The van der Waals surface area contributed by atoms with Crippen LogP contribution in [0, 0.1) is 0 Å². The van der Waals surface area contributed by atoms with Gasteiger partial charge in [0.25, 0.3) is 0 Å². The lowest BCUT2D eigenvalue weighted by atomic mass is 10.1. The quantitative estimate of drug-likeness (QED) is 0.236. The maximum absolute atomic E-state index is 13.7. The topological polar surface area (TPSA) is 96.4 Å². The van der Waals surface area contributed by atoms with Crippen LogP contribution in [0.1, 0.15) is 42.6 Å². The van der Waals surface area contributed by atoms with Gasteiger partial charge in [-0.15, -0.1) is 0 Å². The average Bonchev–Trinajstić information content (AvgIpc) is 3.58. The highest BCUT2D eigenvalue weighted by molar-refractivity contribution is 5.77. The molecule has 0 spiro atoms. The number of imidazole rings is 1. The van der Waals surface area contributed by atoms with Crippen LogP contribution in [-0.2, 0) is 19.3 Å². The van der Waals surface area contributed by atoms with Crippen molar-refractivity contribution in [2.45, 2.75) is 51.1 Å². The number of alkyl halides is 4. The first-order chi connectivity index (χ1) is 19.2. The Kier molecular flexibility index (Phi) is 6.43. The third-order valence-electron chi connectivity index (χ3n) is 6.66. The van der Waals surface area contributed by atoms with E-state index in [1.807, 2.05) is 0 Å². The zero-order valence-corrected chi connectivity index (χ0v) is 21.6. The number of hydrogen-bond acceptors (Lipinski definition) is 7. The fraction of sp³-hybridized carbons (Fsp3) is 0.333. The predicted octanol–water partition coefficient (Wildman–Crippen LogP) is 5.46. The van der Waals surface area contributed by atoms with Gasteiger partial charge in [0.05, 0.1) is 37.5 Å². The normalized spacial score (nSPS) is 14.6. The summed E-state index contributed by atoms with van der Waals surface area (Å²) in [5.74, 6) is 1.23. The van der Waals surface area contributed by atoms with Crippen LogP contribution in [-0.4, -0.2) is 52.5 Å². The van der Waals surface area contributed by atoms with E-state index in [2.05, 4.69) is 25.0 Å². The largest absolute Gasteiger partial charge is 0.480 e. The first kappa shape index (κ1) is 25.8. The zero-order valence-electron chi connectivity index (χ0n) is 21.6. The summed E-state index contributed by atoms with van der Waals surface area (Å²) in [5.41, 5.74) is 2.35. The van der Waals surface area contributed by atoms with Gasteiger partial charge in [-0.3, -0.25) is 0 Å². The van der Waals surface area contributed by atoms with Gasteiger partial charge in [-0.1, -0.05) is 24.3 Å². The third kappa shape index (κ3) is 4.98. The summed E-state index contributed by atoms with van der Waals surface area (Å²) in [6, 6.07) is 6.87. The van der Waals surface area contributed by atoms with Crippen LogP contribution in [0.3, 0.4) is 0 Å². The van der Waals surface area contributed by atoms with Crippen molar-refractivity contribution in [1.29, 1.82) is 0 Å². The molecule has 1 aliphatic carbocycles. The number of methoxy groups -OCH3 is 1. The molecular formula is C27H24F4N8O. The summed E-state index contributed by atoms with van der Waals surface area (Å²) in [6.07, 6.45) is 1.79. The molecule has 0 amide bonds. The van der Waals surface area contributed by atoms with Gasteiger partial charge in [-0.2, -0.15) is 18.3 Å². The predicted molar refractivity (Wildman–Crippen MR) is 137 cm³/mol. The molecule has 4 aromatic heterocycles. The number of ether oxygens (including phenoxy) is 1. The van der Waals surface area contributed by atoms with Gasteiger partial charge in [-0.05, 0) is 25.3 Å². The van der Waals surface area contributed by atoms with E-state index in [1.165, 1.54) is 17.8 Å². The van der Waals surface area contributed by atoms with Gasteiger partial charge in [0.2, 0.25) is 5.88 Å². The molecule has 5 aromatic rings. The fourth-order valence-electron chi connectivity index (χ4n) is 4.64. The summed E-state index contributed by atoms with van der Waals surface area (Å²) >= 11 is 0. The van der Waals surface area contributed by atoms with Crippen LogP contribution in [0.2, 0.25) is 0 Å². The molecule has 1 aliphatic rings. The van der Waals surface area contributed by atoms with Crippen molar-refractivity contribution in [2.75, 3.05) is 7.11 Å². The van der Waals surface area contributed by atoms with E-state index < -0.39 is 18.0 Å². The van der Waals surface area contributed by atoms with Crippen LogP contribution < -0.4 is 4.74 Å². The van der Waals surface area contributed by atoms with Crippen LogP contribution >= 0.6 is 0 Å². The molecule has 6 rings (SSSR count). The Balaban J connectivity index is 1.31. The lowest BCUT2D eigenvalue weighted by Gasteiger charge is -2.11. The lowest BCUT2D eigenvalue weighted by Crippen LogP contribution is -2.08. The molecule has 206 valence electrons. The highest BCUT2D eigenvalue weighted by Crippen LogP contribution is 2.44. The van der Waals surface area contributed by atoms with Crippen LogP contribution in [0.4, 0.5) is 17.6 Å². The zero-order chi connectivity index (χ0) is 28.0. The van der Waals surface area contributed by atoms with E-state index in [0.717, 1.165) is 35.7 Å².